The van der Waals surface area contributed by atoms with Crippen molar-refractivity contribution in [2.24, 2.45) is 0 Å². The Morgan fingerprint density at radius 1 is 1.64 bits per heavy atom. The fraction of sp³-hybridized carbons (Fsp3) is 0.250. The van der Waals surface area contributed by atoms with Crippen LogP contribution in [0.5, 0.6) is 5.75 Å². The highest BCUT2D eigenvalue weighted by atomic mass is 19.3. The minimum Gasteiger partial charge on any atom is -0.495 e. The van der Waals surface area contributed by atoms with Gasteiger partial charge in [-0.05, 0) is 6.07 Å². The Balaban J connectivity index is 3.24. The van der Waals surface area contributed by atoms with Crippen LogP contribution in [0.3, 0.4) is 0 Å². The molecule has 76 valence electrons. The average molecular weight is 203 g/mol. The molecule has 0 aliphatic rings. The van der Waals surface area contributed by atoms with Gasteiger partial charge in [-0.1, -0.05) is 0 Å². The number of pyridine rings is 1. The fourth-order valence-electron chi connectivity index (χ4n) is 0.918. The summed E-state index contributed by atoms with van der Waals surface area (Å²) >= 11 is 0. The molecule has 0 atom stereocenters. The highest BCUT2D eigenvalue weighted by Crippen LogP contribution is 2.25. The number of ether oxygens (including phenoxy) is 1. The first kappa shape index (κ1) is 10.4. The van der Waals surface area contributed by atoms with E-state index in [1.54, 1.807) is 0 Å². The van der Waals surface area contributed by atoms with E-state index < -0.39 is 23.7 Å². The maximum Gasteiger partial charge on any atom is 0.354 e. The number of aromatic carboxylic acids is 1. The molecule has 1 rings (SSSR count). The molecule has 0 aliphatic heterocycles. The lowest BCUT2D eigenvalue weighted by molar-refractivity contribution is 0.0677. The van der Waals surface area contributed by atoms with Gasteiger partial charge in [0.2, 0.25) is 0 Å². The maximum absolute atomic E-state index is 12.3. The van der Waals surface area contributed by atoms with Gasteiger partial charge in [0, 0.05) is 0 Å². The van der Waals surface area contributed by atoms with Crippen molar-refractivity contribution in [3.63, 3.8) is 0 Å². The van der Waals surface area contributed by atoms with E-state index in [0.717, 1.165) is 12.3 Å². The van der Waals surface area contributed by atoms with Crippen LogP contribution in [0.2, 0.25) is 0 Å². The van der Waals surface area contributed by atoms with Crippen molar-refractivity contribution in [3.8, 4) is 5.75 Å². The Morgan fingerprint density at radius 3 is 2.71 bits per heavy atom. The highest BCUT2D eigenvalue weighted by molar-refractivity contribution is 5.87. The van der Waals surface area contributed by atoms with Crippen LogP contribution in [0.1, 0.15) is 22.5 Å². The number of nitrogens with zero attached hydrogens (tertiary/aromatic N) is 1. The standard InChI is InChI=1S/C8H7F2NO3/c1-14-4-2-5(7(9)10)6(8(12)13)11-3-4/h2-3,7H,1H3,(H,12,13). The summed E-state index contributed by atoms with van der Waals surface area (Å²) in [6.07, 6.45) is -1.81. The van der Waals surface area contributed by atoms with E-state index in [1.807, 2.05) is 0 Å². The van der Waals surface area contributed by atoms with E-state index in [4.69, 9.17) is 5.11 Å². The normalized spacial score (nSPS) is 10.3. The SMILES string of the molecule is COc1cnc(C(=O)O)c(C(F)F)c1. The molecule has 0 saturated carbocycles. The third-order valence-electron chi connectivity index (χ3n) is 1.57. The Bertz CT molecular complexity index is 354. The number of carboxylic acids is 1. The van der Waals surface area contributed by atoms with Crippen molar-refractivity contribution in [2.75, 3.05) is 7.11 Å². The van der Waals surface area contributed by atoms with Gasteiger partial charge in [0.15, 0.2) is 5.69 Å². The molecular formula is C8H7F2NO3. The Labute approximate surface area is 78.1 Å². The molecular weight excluding hydrogens is 196 g/mol. The molecule has 1 N–H and O–H groups in total. The first-order chi connectivity index (χ1) is 6.56. The van der Waals surface area contributed by atoms with Gasteiger partial charge in [0.1, 0.15) is 5.75 Å². The number of hydrogen-bond donors (Lipinski definition) is 1. The number of rotatable bonds is 3. The average Bonchev–Trinajstić information content (AvgIpc) is 2.16. The Kier molecular flexibility index (Phi) is 2.95. The highest BCUT2D eigenvalue weighted by Gasteiger charge is 2.20. The third kappa shape index (κ3) is 1.95. The van der Waals surface area contributed by atoms with E-state index in [0.29, 0.717) is 0 Å². The van der Waals surface area contributed by atoms with Crippen LogP contribution in [-0.2, 0) is 0 Å². The van der Waals surface area contributed by atoms with E-state index >= 15 is 0 Å². The molecule has 6 heteroatoms. The van der Waals surface area contributed by atoms with Crippen LogP contribution in [0, 0.1) is 0 Å². The molecule has 1 heterocycles. The second kappa shape index (κ2) is 3.99. The second-order valence-electron chi connectivity index (χ2n) is 2.42. The van der Waals surface area contributed by atoms with Gasteiger partial charge in [-0.3, -0.25) is 0 Å². The van der Waals surface area contributed by atoms with Gasteiger partial charge in [0.05, 0.1) is 18.9 Å². The molecule has 0 aromatic carbocycles. The first-order valence-corrected chi connectivity index (χ1v) is 3.61. The number of hydrogen-bond acceptors (Lipinski definition) is 3. The van der Waals surface area contributed by atoms with E-state index in [9.17, 15) is 13.6 Å². The zero-order valence-corrected chi connectivity index (χ0v) is 7.20. The largest absolute Gasteiger partial charge is 0.495 e. The van der Waals surface area contributed by atoms with Gasteiger partial charge < -0.3 is 9.84 Å². The Hall–Kier alpha value is -1.72. The zero-order valence-electron chi connectivity index (χ0n) is 7.20. The summed E-state index contributed by atoms with van der Waals surface area (Å²) in [7, 11) is 1.28. The molecule has 1 aromatic heterocycles. The van der Waals surface area contributed by atoms with Crippen LogP contribution in [-0.4, -0.2) is 23.2 Å². The van der Waals surface area contributed by atoms with Crippen molar-refractivity contribution in [3.05, 3.63) is 23.5 Å². The number of methoxy groups -OCH3 is 1. The van der Waals surface area contributed by atoms with Crippen LogP contribution in [0.25, 0.3) is 0 Å². The summed E-state index contributed by atoms with van der Waals surface area (Å²) < 4.78 is 29.3. The monoisotopic (exact) mass is 203 g/mol. The van der Waals surface area contributed by atoms with Gasteiger partial charge >= 0.3 is 5.97 Å². The molecule has 0 unspecified atom stereocenters. The molecule has 14 heavy (non-hydrogen) atoms. The molecule has 0 radical (unpaired) electrons. The van der Waals surface area contributed by atoms with Crippen molar-refractivity contribution < 1.29 is 23.4 Å². The smallest absolute Gasteiger partial charge is 0.354 e. The van der Waals surface area contributed by atoms with E-state index in [1.165, 1.54) is 7.11 Å². The van der Waals surface area contributed by atoms with Crippen LogP contribution in [0.4, 0.5) is 8.78 Å². The fourth-order valence-corrected chi connectivity index (χ4v) is 0.918. The molecule has 0 fully saturated rings. The molecule has 0 aliphatic carbocycles. The summed E-state index contributed by atoms with van der Waals surface area (Å²) in [4.78, 5) is 13.9. The van der Waals surface area contributed by atoms with Gasteiger partial charge in [-0.15, -0.1) is 0 Å². The number of alkyl halides is 2. The summed E-state index contributed by atoms with van der Waals surface area (Å²) in [6.45, 7) is 0. The van der Waals surface area contributed by atoms with Crippen LogP contribution < -0.4 is 4.74 Å². The summed E-state index contributed by atoms with van der Waals surface area (Å²) in [5, 5.41) is 8.54. The summed E-state index contributed by atoms with van der Waals surface area (Å²) in [5.74, 6) is -1.38. The molecule has 0 saturated heterocycles. The molecule has 4 nitrogen and oxygen atoms in total. The van der Waals surface area contributed by atoms with E-state index in [-0.39, 0.29) is 5.75 Å². The molecule has 0 spiro atoms. The quantitative estimate of drug-likeness (QED) is 0.812. The van der Waals surface area contributed by atoms with Gasteiger partial charge in [-0.2, -0.15) is 0 Å². The Morgan fingerprint density at radius 2 is 2.29 bits per heavy atom. The summed E-state index contributed by atoms with van der Waals surface area (Å²) in [6, 6.07) is 0.959. The number of halogens is 2. The second-order valence-corrected chi connectivity index (χ2v) is 2.42. The number of carbonyl (C=O) groups is 1. The lowest BCUT2D eigenvalue weighted by Crippen LogP contribution is -2.06. The minimum absolute atomic E-state index is 0.102. The first-order valence-electron chi connectivity index (χ1n) is 3.61. The molecule has 1 aromatic rings. The maximum atomic E-state index is 12.3. The predicted octanol–water partition coefficient (Wildman–Crippen LogP) is 1.73. The molecule has 0 amide bonds. The van der Waals surface area contributed by atoms with Crippen LogP contribution in [0.15, 0.2) is 12.3 Å². The number of carboxylic acid groups (broad SMARTS) is 1. The summed E-state index contributed by atoms with van der Waals surface area (Å²) in [5.41, 5.74) is -1.29. The number of aromatic nitrogens is 1. The molecule has 0 bridgehead atoms. The third-order valence-corrected chi connectivity index (χ3v) is 1.57. The topological polar surface area (TPSA) is 59.4 Å². The van der Waals surface area contributed by atoms with Crippen molar-refractivity contribution in [1.82, 2.24) is 4.98 Å². The lowest BCUT2D eigenvalue weighted by atomic mass is 10.2. The van der Waals surface area contributed by atoms with Crippen LogP contribution >= 0.6 is 0 Å². The van der Waals surface area contributed by atoms with Gasteiger partial charge in [0.25, 0.3) is 6.43 Å². The van der Waals surface area contributed by atoms with E-state index in [2.05, 4.69) is 9.72 Å². The van der Waals surface area contributed by atoms with Gasteiger partial charge in [-0.25, -0.2) is 18.6 Å². The lowest BCUT2D eigenvalue weighted by Gasteiger charge is -2.05. The van der Waals surface area contributed by atoms with Crippen molar-refractivity contribution in [2.45, 2.75) is 6.43 Å². The predicted molar refractivity (Wildman–Crippen MR) is 42.7 cm³/mol. The van der Waals surface area contributed by atoms with Crippen molar-refractivity contribution >= 4 is 5.97 Å². The van der Waals surface area contributed by atoms with Crippen molar-refractivity contribution in [1.29, 1.82) is 0 Å². The minimum atomic E-state index is -2.89. The zero-order chi connectivity index (χ0) is 10.7.